The molecule has 2 aliphatic carbocycles. The van der Waals surface area contributed by atoms with Gasteiger partial charge in [0.15, 0.2) is 11.6 Å². The molecule has 36 heavy (non-hydrogen) atoms. The van der Waals surface area contributed by atoms with Crippen LogP contribution in [0.1, 0.15) is 31.5 Å². The van der Waals surface area contributed by atoms with Crippen LogP contribution in [0.15, 0.2) is 66.5 Å². The molecule has 0 amide bonds. The first kappa shape index (κ1) is 22.2. The molecule has 2 aromatic heterocycles. The summed E-state index contributed by atoms with van der Waals surface area (Å²) in [5.74, 6) is -0.295. The normalized spacial score (nSPS) is 22.9. The van der Waals surface area contributed by atoms with Crippen LogP contribution >= 0.6 is 0 Å². The number of Topliss-reactive ketones (excluding diaryl/α,β-unsaturated/α-hetero) is 1. The van der Waals surface area contributed by atoms with Crippen LogP contribution in [0.25, 0.3) is 33.7 Å². The van der Waals surface area contributed by atoms with Gasteiger partial charge in [0, 0.05) is 27.8 Å². The van der Waals surface area contributed by atoms with E-state index in [2.05, 4.69) is 23.0 Å². The molecule has 7 heteroatoms. The molecule has 4 aromatic rings. The van der Waals surface area contributed by atoms with Gasteiger partial charge in [0.05, 0.1) is 22.5 Å². The van der Waals surface area contributed by atoms with E-state index in [0.717, 1.165) is 34.1 Å². The third-order valence-corrected chi connectivity index (χ3v) is 7.71. The summed E-state index contributed by atoms with van der Waals surface area (Å²) in [6.45, 7) is 3.96. The summed E-state index contributed by atoms with van der Waals surface area (Å²) in [6, 6.07) is 16.1. The number of nitrogens with zero attached hydrogens (tertiary/aromatic N) is 5. The van der Waals surface area contributed by atoms with Crippen LogP contribution in [0.5, 0.6) is 0 Å². The molecule has 6 nitrogen and oxygen atoms in total. The summed E-state index contributed by atoms with van der Waals surface area (Å²) in [7, 11) is 0. The Bertz CT molecular complexity index is 1620. The number of rotatable bonds is 2. The molecule has 3 atom stereocenters. The van der Waals surface area contributed by atoms with Crippen molar-refractivity contribution in [3.63, 3.8) is 0 Å². The number of ketones is 1. The van der Waals surface area contributed by atoms with Gasteiger partial charge >= 0.3 is 0 Å². The van der Waals surface area contributed by atoms with Crippen molar-refractivity contribution in [2.75, 3.05) is 0 Å². The van der Waals surface area contributed by atoms with E-state index in [1.54, 1.807) is 18.2 Å². The highest BCUT2D eigenvalue weighted by Crippen LogP contribution is 2.51. The van der Waals surface area contributed by atoms with Gasteiger partial charge < -0.3 is 0 Å². The Labute approximate surface area is 207 Å². The summed E-state index contributed by atoms with van der Waals surface area (Å²) in [6.07, 6.45) is 4.73. The number of nitriles is 1. The van der Waals surface area contributed by atoms with E-state index < -0.39 is 5.41 Å². The first-order valence-electron chi connectivity index (χ1n) is 12.0. The Morgan fingerprint density at radius 1 is 1.06 bits per heavy atom. The minimum absolute atomic E-state index is 0.000520. The number of aromatic nitrogens is 4. The molecule has 0 saturated carbocycles. The van der Waals surface area contributed by atoms with Crippen molar-refractivity contribution in [3.05, 3.63) is 83.6 Å². The second-order valence-electron chi connectivity index (χ2n) is 9.72. The Kier molecular flexibility index (Phi) is 5.01. The zero-order chi connectivity index (χ0) is 25.0. The number of para-hydroxylation sites is 1. The predicted octanol–water partition coefficient (Wildman–Crippen LogP) is 5.38. The van der Waals surface area contributed by atoms with Crippen molar-refractivity contribution < 1.29 is 9.18 Å². The fourth-order valence-corrected chi connectivity index (χ4v) is 5.91. The van der Waals surface area contributed by atoms with Gasteiger partial charge in [-0.2, -0.15) is 5.26 Å². The number of allylic oxidation sites excluding steroid dienone is 2. The average molecular weight is 476 g/mol. The van der Waals surface area contributed by atoms with Gasteiger partial charge in [-0.15, -0.1) is 0 Å². The van der Waals surface area contributed by atoms with Crippen LogP contribution in [0.2, 0.25) is 0 Å². The Balaban J connectivity index is 1.68. The quantitative estimate of drug-likeness (QED) is 0.386. The largest absolute Gasteiger partial charge is 0.293 e. The van der Waals surface area contributed by atoms with E-state index in [1.165, 1.54) is 18.5 Å². The van der Waals surface area contributed by atoms with Crippen molar-refractivity contribution >= 4 is 16.7 Å². The molecule has 2 aliphatic rings. The first-order chi connectivity index (χ1) is 17.4. The molecular formula is C29H22FN5O. The Hall–Kier alpha value is -4.31. The number of carbonyl (C=O) groups is 1. The lowest BCUT2D eigenvalue weighted by atomic mass is 9.57. The maximum absolute atomic E-state index is 13.8. The van der Waals surface area contributed by atoms with Crippen molar-refractivity contribution in [1.29, 1.82) is 5.26 Å². The van der Waals surface area contributed by atoms with Crippen molar-refractivity contribution in [1.82, 2.24) is 19.9 Å². The van der Waals surface area contributed by atoms with Crippen LogP contribution in [-0.2, 0) is 16.6 Å². The highest BCUT2D eigenvalue weighted by Gasteiger charge is 2.49. The Morgan fingerprint density at radius 3 is 2.61 bits per heavy atom. The van der Waals surface area contributed by atoms with Crippen molar-refractivity contribution in [2.24, 2.45) is 11.8 Å². The predicted molar refractivity (Wildman–Crippen MR) is 133 cm³/mol. The van der Waals surface area contributed by atoms with Crippen LogP contribution < -0.4 is 0 Å². The van der Waals surface area contributed by atoms with E-state index in [0.29, 0.717) is 23.6 Å². The molecule has 0 N–H and O–H groups in total. The fourth-order valence-electron chi connectivity index (χ4n) is 5.91. The van der Waals surface area contributed by atoms with Gasteiger partial charge in [-0.05, 0) is 49.1 Å². The Morgan fingerprint density at radius 2 is 1.83 bits per heavy atom. The molecule has 0 bridgehead atoms. The lowest BCUT2D eigenvalue weighted by molar-refractivity contribution is -0.121. The van der Waals surface area contributed by atoms with Gasteiger partial charge in [0.1, 0.15) is 23.9 Å². The lowest BCUT2D eigenvalue weighted by Crippen LogP contribution is -2.46. The smallest absolute Gasteiger partial charge is 0.179 e. The van der Waals surface area contributed by atoms with Gasteiger partial charge in [-0.3, -0.25) is 4.79 Å². The minimum atomic E-state index is -0.638. The highest BCUT2D eigenvalue weighted by molar-refractivity contribution is 6.02. The molecule has 0 spiro atoms. The van der Waals surface area contributed by atoms with Gasteiger partial charge in [0.25, 0.3) is 0 Å². The van der Waals surface area contributed by atoms with E-state index >= 15 is 0 Å². The lowest BCUT2D eigenvalue weighted by Gasteiger charge is -2.45. The molecule has 0 unspecified atom stereocenters. The second kappa shape index (κ2) is 8.13. The van der Waals surface area contributed by atoms with E-state index in [-0.39, 0.29) is 29.0 Å². The van der Waals surface area contributed by atoms with Crippen LogP contribution in [0.4, 0.5) is 4.39 Å². The van der Waals surface area contributed by atoms with E-state index in [4.69, 9.17) is 9.97 Å². The molecule has 176 valence electrons. The average Bonchev–Trinajstić information content (AvgIpc) is 2.90. The summed E-state index contributed by atoms with van der Waals surface area (Å²) in [4.78, 5) is 31.8. The molecule has 0 radical (unpaired) electrons. The number of halogens is 1. The van der Waals surface area contributed by atoms with Gasteiger partial charge in [-0.25, -0.2) is 24.3 Å². The molecule has 0 aliphatic heterocycles. The zero-order valence-electron chi connectivity index (χ0n) is 19.9. The van der Waals surface area contributed by atoms with E-state index in [9.17, 15) is 14.4 Å². The maximum atomic E-state index is 13.8. The van der Waals surface area contributed by atoms with Crippen molar-refractivity contribution in [2.45, 2.75) is 32.1 Å². The second-order valence-corrected chi connectivity index (χ2v) is 9.72. The third-order valence-electron chi connectivity index (χ3n) is 7.71. The van der Waals surface area contributed by atoms with Gasteiger partial charge in [0.2, 0.25) is 0 Å². The number of hydrogen-bond donors (Lipinski definition) is 0. The summed E-state index contributed by atoms with van der Waals surface area (Å²) >= 11 is 0. The number of benzene rings is 2. The summed E-state index contributed by atoms with van der Waals surface area (Å²) in [5, 5.41) is 10.5. The summed E-state index contributed by atoms with van der Waals surface area (Å²) < 4.78 is 13.8. The maximum Gasteiger partial charge on any atom is 0.179 e. The number of fused-ring (bicyclic) bond motifs is 4. The van der Waals surface area contributed by atoms with Crippen LogP contribution in [0, 0.1) is 29.0 Å². The molecule has 2 heterocycles. The molecular weight excluding hydrogens is 453 g/mol. The van der Waals surface area contributed by atoms with Crippen LogP contribution in [-0.4, -0.2) is 25.7 Å². The number of carbonyl (C=O) groups excluding carboxylic acids is 1. The monoisotopic (exact) mass is 475 g/mol. The molecule has 2 aromatic carbocycles. The fraction of sp³-hybridized carbons (Fsp3) is 0.241. The molecule has 0 saturated heterocycles. The van der Waals surface area contributed by atoms with Gasteiger partial charge in [-0.1, -0.05) is 38.1 Å². The van der Waals surface area contributed by atoms with Crippen molar-refractivity contribution in [3.8, 4) is 28.8 Å². The highest BCUT2D eigenvalue weighted by atomic mass is 19.1. The first-order valence-corrected chi connectivity index (χ1v) is 12.0. The standard InChI is InChI=1S/C29H22FN5O/c1-16-22-12-11-21-24(17-7-9-19(30)10-8-17)34-28(25-20-5-3-4-6-23(20)32-15-33-25)35-27(21)29(22,2)13-18(14-31)26(16)36/h3-10,13,15-16,22H,11-12H2,1-2H3/t16-,22-,29-/m1/s1. The zero-order valence-corrected chi connectivity index (χ0v) is 19.9. The topological polar surface area (TPSA) is 92.4 Å². The third kappa shape index (κ3) is 3.25. The number of hydrogen-bond acceptors (Lipinski definition) is 6. The van der Waals surface area contributed by atoms with Crippen LogP contribution in [0.3, 0.4) is 0 Å². The van der Waals surface area contributed by atoms with E-state index in [1.807, 2.05) is 31.2 Å². The summed E-state index contributed by atoms with van der Waals surface area (Å²) in [5.41, 5.74) is 4.15. The minimum Gasteiger partial charge on any atom is -0.293 e. The molecule has 0 fully saturated rings. The molecule has 6 rings (SSSR count). The SMILES string of the molecule is C[C@H]1C(=O)C(C#N)=C[C@@]2(C)c3nc(-c4ncnc5ccccc45)nc(-c4ccc(F)cc4)c3CC[C@H]12.